The Morgan fingerprint density at radius 2 is 1.40 bits per heavy atom. The van der Waals surface area contributed by atoms with E-state index >= 15 is 0 Å². The highest BCUT2D eigenvalue weighted by Crippen LogP contribution is 2.29. The summed E-state index contributed by atoms with van der Waals surface area (Å²) in [5.74, 6) is 0. The van der Waals surface area contributed by atoms with E-state index in [0.717, 1.165) is 0 Å². The summed E-state index contributed by atoms with van der Waals surface area (Å²) in [5, 5.41) is 5.19. The molecular weight excluding hydrogens is 240 g/mol. The first-order chi connectivity index (χ1) is 9.92. The molecule has 0 aliphatic heterocycles. The van der Waals surface area contributed by atoms with Crippen molar-refractivity contribution < 1.29 is 0 Å². The van der Waals surface area contributed by atoms with Crippen molar-refractivity contribution in [3.05, 3.63) is 84.9 Å². The predicted molar refractivity (Wildman–Crippen MR) is 85.7 cm³/mol. The highest BCUT2D eigenvalue weighted by Gasteiger charge is 2.02. The first kappa shape index (κ1) is 11.2. The average Bonchev–Trinajstić information content (AvgIpc) is 2.55. The van der Waals surface area contributed by atoms with Crippen LogP contribution in [0.3, 0.4) is 0 Å². The fraction of sp³-hybridized carbons (Fsp3) is 0. The van der Waals surface area contributed by atoms with Gasteiger partial charge in [0, 0.05) is 0 Å². The summed E-state index contributed by atoms with van der Waals surface area (Å²) in [4.78, 5) is 0. The predicted octanol–water partition coefficient (Wildman–Crippen LogP) is 5.46. The van der Waals surface area contributed by atoms with Crippen molar-refractivity contribution in [3.8, 4) is 11.1 Å². The Labute approximate surface area is 118 Å². The summed E-state index contributed by atoms with van der Waals surface area (Å²) in [7, 11) is 0. The molecule has 0 unspecified atom stereocenters. The lowest BCUT2D eigenvalue weighted by molar-refractivity contribution is 1.64. The maximum atomic E-state index is 3.14. The van der Waals surface area contributed by atoms with Gasteiger partial charge in [0.1, 0.15) is 0 Å². The van der Waals surface area contributed by atoms with Gasteiger partial charge < -0.3 is 0 Å². The lowest BCUT2D eigenvalue weighted by atomic mass is 9.97. The van der Waals surface area contributed by atoms with Crippen LogP contribution in [0.15, 0.2) is 78.9 Å². The second-order valence-electron chi connectivity index (χ2n) is 5.01. The van der Waals surface area contributed by atoms with Crippen LogP contribution in [-0.2, 0) is 0 Å². The van der Waals surface area contributed by atoms with Crippen molar-refractivity contribution in [1.82, 2.24) is 0 Å². The largest absolute Gasteiger partial charge is 0.0616 e. The number of rotatable bonds is 1. The standard InChI is InChI=1S/C20H13/c1-2-6-15(7-3-1)18-13-12-17-11-10-16-8-4-5-9-19(16)20(17)14-18/h1-2,4-14H. The minimum absolute atomic E-state index is 1.21. The van der Waals surface area contributed by atoms with Gasteiger partial charge in [-0.1, -0.05) is 66.7 Å². The lowest BCUT2D eigenvalue weighted by Gasteiger charge is -2.07. The molecule has 0 aromatic heterocycles. The van der Waals surface area contributed by atoms with Gasteiger partial charge in [0.2, 0.25) is 0 Å². The van der Waals surface area contributed by atoms with E-state index in [9.17, 15) is 0 Å². The number of hydrogen-bond acceptors (Lipinski definition) is 0. The molecule has 0 spiro atoms. The third kappa shape index (κ3) is 1.78. The summed E-state index contributed by atoms with van der Waals surface area (Å²) in [6, 6.07) is 30.9. The molecule has 0 bridgehead atoms. The van der Waals surface area contributed by atoms with Crippen LogP contribution in [-0.4, -0.2) is 0 Å². The minimum atomic E-state index is 1.21. The fourth-order valence-electron chi connectivity index (χ4n) is 2.75. The van der Waals surface area contributed by atoms with Gasteiger partial charge in [0.15, 0.2) is 0 Å². The van der Waals surface area contributed by atoms with Crippen LogP contribution in [0, 0.1) is 6.07 Å². The zero-order valence-corrected chi connectivity index (χ0v) is 11.0. The molecule has 0 saturated heterocycles. The number of fused-ring (bicyclic) bond motifs is 3. The molecule has 20 heavy (non-hydrogen) atoms. The van der Waals surface area contributed by atoms with Gasteiger partial charge in [-0.2, -0.15) is 0 Å². The molecular formula is C20H13. The zero-order chi connectivity index (χ0) is 13.4. The molecule has 0 heterocycles. The van der Waals surface area contributed by atoms with Crippen LogP contribution in [0.5, 0.6) is 0 Å². The lowest BCUT2D eigenvalue weighted by Crippen LogP contribution is -1.81. The van der Waals surface area contributed by atoms with Crippen LogP contribution >= 0.6 is 0 Å². The Balaban J connectivity index is 2.05. The van der Waals surface area contributed by atoms with Crippen molar-refractivity contribution in [2.45, 2.75) is 0 Å². The van der Waals surface area contributed by atoms with E-state index in [0.29, 0.717) is 0 Å². The molecule has 0 heteroatoms. The Bertz CT molecular complexity index is 889. The third-order valence-electron chi connectivity index (χ3n) is 3.79. The molecule has 0 N–H and O–H groups in total. The van der Waals surface area contributed by atoms with Crippen molar-refractivity contribution in [1.29, 1.82) is 0 Å². The third-order valence-corrected chi connectivity index (χ3v) is 3.79. The maximum Gasteiger partial charge on any atom is -0.00992 e. The fourth-order valence-corrected chi connectivity index (χ4v) is 2.75. The molecule has 93 valence electrons. The molecule has 4 aromatic carbocycles. The molecule has 0 amide bonds. The molecule has 0 aliphatic carbocycles. The first-order valence-corrected chi connectivity index (χ1v) is 6.80. The van der Waals surface area contributed by atoms with Crippen LogP contribution in [0.25, 0.3) is 32.7 Å². The van der Waals surface area contributed by atoms with Gasteiger partial charge in [-0.3, -0.25) is 0 Å². The normalized spacial score (nSPS) is 11.0. The van der Waals surface area contributed by atoms with Crippen molar-refractivity contribution in [3.63, 3.8) is 0 Å². The monoisotopic (exact) mass is 253 g/mol. The van der Waals surface area contributed by atoms with Crippen molar-refractivity contribution in [2.75, 3.05) is 0 Å². The number of benzene rings is 4. The number of hydrogen-bond donors (Lipinski definition) is 0. The molecule has 0 saturated carbocycles. The van der Waals surface area contributed by atoms with E-state index in [4.69, 9.17) is 0 Å². The van der Waals surface area contributed by atoms with Crippen LogP contribution < -0.4 is 0 Å². The van der Waals surface area contributed by atoms with Gasteiger partial charge in [-0.05, 0) is 50.9 Å². The van der Waals surface area contributed by atoms with E-state index in [1.165, 1.54) is 32.7 Å². The molecule has 0 aliphatic rings. The smallest absolute Gasteiger partial charge is 0.00992 e. The van der Waals surface area contributed by atoms with Crippen molar-refractivity contribution >= 4 is 21.5 Å². The van der Waals surface area contributed by atoms with Gasteiger partial charge in [-0.25, -0.2) is 0 Å². The quantitative estimate of drug-likeness (QED) is 0.395. The molecule has 0 atom stereocenters. The van der Waals surface area contributed by atoms with E-state index < -0.39 is 0 Å². The summed E-state index contributed by atoms with van der Waals surface area (Å²) in [6.07, 6.45) is 0. The van der Waals surface area contributed by atoms with Gasteiger partial charge in [-0.15, -0.1) is 0 Å². The second kappa shape index (κ2) is 4.50. The summed E-state index contributed by atoms with van der Waals surface area (Å²) >= 11 is 0. The zero-order valence-electron chi connectivity index (χ0n) is 11.0. The first-order valence-electron chi connectivity index (χ1n) is 6.80. The summed E-state index contributed by atoms with van der Waals surface area (Å²) in [5.41, 5.74) is 2.45. The van der Waals surface area contributed by atoms with Crippen molar-refractivity contribution in [2.24, 2.45) is 0 Å². The Morgan fingerprint density at radius 3 is 2.25 bits per heavy atom. The highest BCUT2D eigenvalue weighted by atomic mass is 14.1. The van der Waals surface area contributed by atoms with Gasteiger partial charge in [0.05, 0.1) is 0 Å². The van der Waals surface area contributed by atoms with Crippen LogP contribution in [0.4, 0.5) is 0 Å². The average molecular weight is 253 g/mol. The molecule has 4 aromatic rings. The minimum Gasteiger partial charge on any atom is -0.0616 e. The Hall–Kier alpha value is -2.60. The molecule has 4 rings (SSSR count). The van der Waals surface area contributed by atoms with Gasteiger partial charge >= 0.3 is 0 Å². The van der Waals surface area contributed by atoms with Crippen LogP contribution in [0.1, 0.15) is 0 Å². The summed E-state index contributed by atoms with van der Waals surface area (Å²) < 4.78 is 0. The van der Waals surface area contributed by atoms with Crippen LogP contribution in [0.2, 0.25) is 0 Å². The van der Waals surface area contributed by atoms with E-state index in [2.05, 4.69) is 66.7 Å². The van der Waals surface area contributed by atoms with E-state index in [-0.39, 0.29) is 0 Å². The van der Waals surface area contributed by atoms with E-state index in [1.807, 2.05) is 18.2 Å². The maximum absolute atomic E-state index is 3.14. The molecule has 1 radical (unpaired) electrons. The van der Waals surface area contributed by atoms with Gasteiger partial charge in [0.25, 0.3) is 0 Å². The molecule has 0 fully saturated rings. The highest BCUT2D eigenvalue weighted by molar-refractivity contribution is 6.08. The Kier molecular flexibility index (Phi) is 2.53. The van der Waals surface area contributed by atoms with E-state index in [1.54, 1.807) is 0 Å². The summed E-state index contributed by atoms with van der Waals surface area (Å²) in [6.45, 7) is 0. The Morgan fingerprint density at radius 1 is 0.600 bits per heavy atom. The molecule has 0 nitrogen and oxygen atoms in total. The second-order valence-corrected chi connectivity index (χ2v) is 5.01. The SMILES string of the molecule is [c]1cccc(-c2ccc3ccc4ccccc4c3c2)c1. The topological polar surface area (TPSA) is 0 Å².